The minimum Gasteiger partial charge on any atom is -0.350 e. The van der Waals surface area contributed by atoms with Crippen LogP contribution in [0.25, 0.3) is 0 Å². The van der Waals surface area contributed by atoms with Crippen molar-refractivity contribution in [2.75, 3.05) is 13.1 Å². The van der Waals surface area contributed by atoms with E-state index in [0.29, 0.717) is 37.2 Å². The molecule has 2 aromatic rings. The molecule has 144 valence electrons. The van der Waals surface area contributed by atoms with Crippen LogP contribution in [-0.2, 0) is 14.8 Å². The zero-order valence-electron chi connectivity index (χ0n) is 15.5. The summed E-state index contributed by atoms with van der Waals surface area (Å²) in [6.07, 6.45) is 1.86. The van der Waals surface area contributed by atoms with Gasteiger partial charge in [0.2, 0.25) is 15.9 Å². The number of nitrogens with zero attached hydrogens (tertiary/aromatic N) is 1. The molecule has 0 radical (unpaired) electrons. The van der Waals surface area contributed by atoms with Crippen molar-refractivity contribution < 1.29 is 13.2 Å². The third-order valence-corrected chi connectivity index (χ3v) is 7.02. The average Bonchev–Trinajstić information content (AvgIpc) is 2.69. The summed E-state index contributed by atoms with van der Waals surface area (Å²) in [5.74, 6) is 0.242. The maximum Gasteiger partial charge on any atom is 0.243 e. The summed E-state index contributed by atoms with van der Waals surface area (Å²) >= 11 is 0. The molecule has 1 fully saturated rings. The van der Waals surface area contributed by atoms with E-state index >= 15 is 0 Å². The van der Waals surface area contributed by atoms with Crippen LogP contribution in [-0.4, -0.2) is 31.7 Å². The van der Waals surface area contributed by atoms with Gasteiger partial charge in [0, 0.05) is 19.5 Å². The van der Waals surface area contributed by atoms with E-state index in [0.717, 1.165) is 5.56 Å². The van der Waals surface area contributed by atoms with Crippen molar-refractivity contribution in [1.82, 2.24) is 9.62 Å². The van der Waals surface area contributed by atoms with E-state index in [-0.39, 0.29) is 17.9 Å². The number of sulfonamides is 1. The van der Waals surface area contributed by atoms with Gasteiger partial charge in [-0.15, -0.1) is 0 Å². The van der Waals surface area contributed by atoms with Crippen LogP contribution < -0.4 is 5.32 Å². The van der Waals surface area contributed by atoms with Crippen LogP contribution in [0.15, 0.2) is 65.6 Å². The Bertz CT molecular complexity index is 846. The minimum atomic E-state index is -3.44. The standard InChI is InChI=1S/C21H26N2O3S/c1-17(19-8-4-2-5-9-19)22-21(24)16-18-12-14-23(15-13-18)27(25,26)20-10-6-3-7-11-20/h2-11,17-18H,12-16H2,1H3,(H,22,24). The maximum atomic E-state index is 12.7. The summed E-state index contributed by atoms with van der Waals surface area (Å²) in [6.45, 7) is 2.90. The summed E-state index contributed by atoms with van der Waals surface area (Å²) in [5.41, 5.74) is 1.08. The first-order chi connectivity index (χ1) is 13.0. The van der Waals surface area contributed by atoms with Crippen LogP contribution in [0.3, 0.4) is 0 Å². The summed E-state index contributed by atoms with van der Waals surface area (Å²) in [5, 5.41) is 3.04. The number of nitrogens with one attached hydrogen (secondary N) is 1. The zero-order chi connectivity index (χ0) is 19.3. The largest absolute Gasteiger partial charge is 0.350 e. The molecule has 0 aromatic heterocycles. The third-order valence-electron chi connectivity index (χ3n) is 5.11. The number of rotatable bonds is 6. The Kier molecular flexibility index (Phi) is 6.29. The van der Waals surface area contributed by atoms with E-state index in [1.165, 1.54) is 4.31 Å². The lowest BCUT2D eigenvalue weighted by molar-refractivity contribution is -0.122. The lowest BCUT2D eigenvalue weighted by Crippen LogP contribution is -2.39. The van der Waals surface area contributed by atoms with Gasteiger partial charge >= 0.3 is 0 Å². The number of piperidine rings is 1. The molecule has 1 N–H and O–H groups in total. The van der Waals surface area contributed by atoms with E-state index < -0.39 is 10.0 Å². The van der Waals surface area contributed by atoms with Crippen LogP contribution in [0.1, 0.15) is 37.8 Å². The molecule has 1 aliphatic rings. The number of hydrogen-bond donors (Lipinski definition) is 1. The van der Waals surface area contributed by atoms with E-state index in [1.54, 1.807) is 30.3 Å². The second kappa shape index (κ2) is 8.67. The molecular weight excluding hydrogens is 360 g/mol. The predicted octanol–water partition coefficient (Wildman–Crippen LogP) is 3.35. The first-order valence-electron chi connectivity index (χ1n) is 9.36. The molecule has 0 saturated carbocycles. The van der Waals surface area contributed by atoms with Gasteiger partial charge in [0.05, 0.1) is 10.9 Å². The van der Waals surface area contributed by atoms with Crippen LogP contribution >= 0.6 is 0 Å². The van der Waals surface area contributed by atoms with Crippen molar-refractivity contribution in [3.05, 3.63) is 66.2 Å². The lowest BCUT2D eigenvalue weighted by atomic mass is 9.94. The monoisotopic (exact) mass is 386 g/mol. The quantitative estimate of drug-likeness (QED) is 0.828. The summed E-state index contributed by atoms with van der Waals surface area (Å²) in [6, 6.07) is 18.4. The number of carbonyl (C=O) groups excluding carboxylic acids is 1. The molecule has 0 bridgehead atoms. The van der Waals surface area contributed by atoms with Crippen molar-refractivity contribution in [3.63, 3.8) is 0 Å². The molecule has 1 unspecified atom stereocenters. The Morgan fingerprint density at radius 1 is 1.04 bits per heavy atom. The molecule has 0 spiro atoms. The van der Waals surface area contributed by atoms with Gasteiger partial charge in [-0.25, -0.2) is 8.42 Å². The van der Waals surface area contributed by atoms with Crippen LogP contribution in [0.4, 0.5) is 0 Å². The average molecular weight is 387 g/mol. The molecule has 1 heterocycles. The molecule has 1 saturated heterocycles. The maximum absolute atomic E-state index is 12.7. The molecular formula is C21H26N2O3S. The molecule has 1 amide bonds. The highest BCUT2D eigenvalue weighted by Gasteiger charge is 2.30. The van der Waals surface area contributed by atoms with Crippen LogP contribution in [0.5, 0.6) is 0 Å². The van der Waals surface area contributed by atoms with Crippen LogP contribution in [0.2, 0.25) is 0 Å². The first-order valence-corrected chi connectivity index (χ1v) is 10.8. The molecule has 1 aliphatic heterocycles. The lowest BCUT2D eigenvalue weighted by Gasteiger charge is -2.31. The van der Waals surface area contributed by atoms with E-state index in [2.05, 4.69) is 5.32 Å². The molecule has 3 rings (SSSR count). The first kappa shape index (κ1) is 19.6. The molecule has 0 aliphatic carbocycles. The van der Waals surface area contributed by atoms with Crippen molar-refractivity contribution >= 4 is 15.9 Å². The number of amides is 1. The molecule has 2 aromatic carbocycles. The van der Waals surface area contributed by atoms with E-state index in [1.807, 2.05) is 37.3 Å². The highest BCUT2D eigenvalue weighted by Crippen LogP contribution is 2.26. The fraction of sp³-hybridized carbons (Fsp3) is 0.381. The van der Waals surface area contributed by atoms with Crippen molar-refractivity contribution in [2.45, 2.75) is 37.1 Å². The van der Waals surface area contributed by atoms with Gasteiger partial charge in [-0.05, 0) is 43.4 Å². The zero-order valence-corrected chi connectivity index (χ0v) is 16.4. The van der Waals surface area contributed by atoms with Gasteiger partial charge in [-0.2, -0.15) is 4.31 Å². The van der Waals surface area contributed by atoms with Crippen molar-refractivity contribution in [1.29, 1.82) is 0 Å². The summed E-state index contributed by atoms with van der Waals surface area (Å²) in [7, 11) is -3.44. The summed E-state index contributed by atoms with van der Waals surface area (Å²) < 4.78 is 26.9. The topological polar surface area (TPSA) is 66.5 Å². The van der Waals surface area contributed by atoms with Crippen molar-refractivity contribution in [2.24, 2.45) is 5.92 Å². The fourth-order valence-corrected chi connectivity index (χ4v) is 4.97. The van der Waals surface area contributed by atoms with Gasteiger partial charge < -0.3 is 5.32 Å². The predicted molar refractivity (Wildman–Crippen MR) is 106 cm³/mol. The second-order valence-electron chi connectivity index (χ2n) is 7.06. The molecule has 6 heteroatoms. The van der Waals surface area contributed by atoms with Gasteiger partial charge in [0.25, 0.3) is 0 Å². The molecule has 1 atom stereocenters. The highest BCUT2D eigenvalue weighted by molar-refractivity contribution is 7.89. The number of hydrogen-bond acceptors (Lipinski definition) is 3. The Labute approximate surface area is 161 Å². The number of benzene rings is 2. The van der Waals surface area contributed by atoms with Gasteiger partial charge in [-0.1, -0.05) is 48.5 Å². The molecule has 5 nitrogen and oxygen atoms in total. The smallest absolute Gasteiger partial charge is 0.243 e. The van der Waals surface area contributed by atoms with Gasteiger partial charge in [0.1, 0.15) is 0 Å². The van der Waals surface area contributed by atoms with Gasteiger partial charge in [0.15, 0.2) is 0 Å². The molecule has 27 heavy (non-hydrogen) atoms. The normalized spacial score (nSPS) is 17.4. The Morgan fingerprint density at radius 3 is 2.19 bits per heavy atom. The highest BCUT2D eigenvalue weighted by atomic mass is 32.2. The van der Waals surface area contributed by atoms with Crippen molar-refractivity contribution in [3.8, 4) is 0 Å². The number of carbonyl (C=O) groups is 1. The fourth-order valence-electron chi connectivity index (χ4n) is 3.48. The SMILES string of the molecule is CC(NC(=O)CC1CCN(S(=O)(=O)c2ccccc2)CC1)c1ccccc1. The Hall–Kier alpha value is -2.18. The Morgan fingerprint density at radius 2 is 1.59 bits per heavy atom. The van der Waals surface area contributed by atoms with Crippen LogP contribution in [0, 0.1) is 5.92 Å². The van der Waals surface area contributed by atoms with E-state index in [9.17, 15) is 13.2 Å². The minimum absolute atomic E-state index is 0.0238. The van der Waals surface area contributed by atoms with E-state index in [4.69, 9.17) is 0 Å². The van der Waals surface area contributed by atoms with Gasteiger partial charge in [-0.3, -0.25) is 4.79 Å². The summed E-state index contributed by atoms with van der Waals surface area (Å²) in [4.78, 5) is 12.7. The Balaban J connectivity index is 1.50. The third kappa shape index (κ3) is 4.96. The second-order valence-corrected chi connectivity index (χ2v) is 9.00.